The molecule has 0 saturated carbocycles. The zero-order valence-corrected chi connectivity index (χ0v) is 12.6. The number of ketones is 2. The fourth-order valence-corrected chi connectivity index (χ4v) is 2.36. The fourth-order valence-electron chi connectivity index (χ4n) is 2.36. The number of aromatic hydroxyl groups is 2. The third kappa shape index (κ3) is 3.12. The lowest BCUT2D eigenvalue weighted by molar-refractivity contribution is -0.0638. The fraction of sp³-hybridized carbons (Fsp3) is 0.375. The van der Waals surface area contributed by atoms with E-state index in [1.165, 1.54) is 13.8 Å². The highest BCUT2D eigenvalue weighted by atomic mass is 16.3. The Morgan fingerprint density at radius 1 is 1.04 bits per heavy atom. The van der Waals surface area contributed by atoms with Gasteiger partial charge in [-0.1, -0.05) is 0 Å². The van der Waals surface area contributed by atoms with Crippen molar-refractivity contribution in [2.24, 2.45) is 0 Å². The standard InChI is InChI=1S/C16H18O7/c1-16(2,23)12(21)6-10(19)7-5-11(20)13-8(17)3-4-9(18)14(13)15(7)22/h3-5,10,12,17-19,21,23H,6H2,1-2H3. The molecule has 0 spiro atoms. The summed E-state index contributed by atoms with van der Waals surface area (Å²) in [5.74, 6) is -2.49. The van der Waals surface area contributed by atoms with E-state index in [2.05, 4.69) is 0 Å². The van der Waals surface area contributed by atoms with Crippen LogP contribution < -0.4 is 0 Å². The zero-order valence-electron chi connectivity index (χ0n) is 12.6. The molecule has 7 nitrogen and oxygen atoms in total. The number of rotatable bonds is 4. The summed E-state index contributed by atoms with van der Waals surface area (Å²) in [5.41, 5.74) is -2.52. The van der Waals surface area contributed by atoms with E-state index in [1.807, 2.05) is 0 Å². The summed E-state index contributed by atoms with van der Waals surface area (Å²) < 4.78 is 0. The molecule has 0 fully saturated rings. The number of phenols is 2. The van der Waals surface area contributed by atoms with Crippen molar-refractivity contribution in [1.29, 1.82) is 0 Å². The third-order valence-corrected chi connectivity index (χ3v) is 3.80. The van der Waals surface area contributed by atoms with E-state index in [4.69, 9.17) is 0 Å². The van der Waals surface area contributed by atoms with Gasteiger partial charge >= 0.3 is 0 Å². The first-order valence-electron chi connectivity index (χ1n) is 6.98. The maximum atomic E-state index is 12.4. The molecule has 1 aromatic rings. The van der Waals surface area contributed by atoms with Crippen LogP contribution in [0.4, 0.5) is 0 Å². The minimum atomic E-state index is -1.51. The van der Waals surface area contributed by atoms with Gasteiger partial charge in [0.25, 0.3) is 0 Å². The quantitative estimate of drug-likeness (QED) is 0.503. The van der Waals surface area contributed by atoms with Crippen LogP contribution in [0.2, 0.25) is 0 Å². The lowest BCUT2D eigenvalue weighted by Gasteiger charge is -2.28. The van der Waals surface area contributed by atoms with Gasteiger partial charge in [0.15, 0.2) is 11.6 Å². The topological polar surface area (TPSA) is 135 Å². The first-order valence-corrected chi connectivity index (χ1v) is 6.98. The molecular weight excluding hydrogens is 304 g/mol. The van der Waals surface area contributed by atoms with Gasteiger partial charge in [0, 0.05) is 12.0 Å². The van der Waals surface area contributed by atoms with Crippen LogP contribution in [0.1, 0.15) is 41.0 Å². The molecule has 0 amide bonds. The number of hydrogen-bond donors (Lipinski definition) is 5. The van der Waals surface area contributed by atoms with E-state index in [-0.39, 0.29) is 23.1 Å². The molecule has 0 aliphatic heterocycles. The molecule has 1 aliphatic rings. The molecular formula is C16H18O7. The van der Waals surface area contributed by atoms with Crippen LogP contribution in [0, 0.1) is 0 Å². The minimum absolute atomic E-state index is 0.313. The Balaban J connectivity index is 2.38. The highest BCUT2D eigenvalue weighted by Gasteiger charge is 2.36. The molecule has 2 rings (SSSR count). The number of aliphatic hydroxyl groups excluding tert-OH is 2. The molecule has 0 bridgehead atoms. The number of benzene rings is 1. The molecule has 1 aliphatic carbocycles. The molecule has 7 heteroatoms. The largest absolute Gasteiger partial charge is 0.507 e. The molecule has 0 aromatic heterocycles. The molecule has 0 radical (unpaired) electrons. The van der Waals surface area contributed by atoms with Gasteiger partial charge in [-0.25, -0.2) is 0 Å². The normalized spacial score (nSPS) is 17.5. The highest BCUT2D eigenvalue weighted by molar-refractivity contribution is 6.26. The van der Waals surface area contributed by atoms with Crippen LogP contribution in [-0.4, -0.2) is 54.9 Å². The van der Waals surface area contributed by atoms with Gasteiger partial charge in [-0.05, 0) is 32.1 Å². The van der Waals surface area contributed by atoms with Crippen molar-refractivity contribution in [3.63, 3.8) is 0 Å². The first-order chi connectivity index (χ1) is 10.5. The van der Waals surface area contributed by atoms with Gasteiger partial charge in [-0.15, -0.1) is 0 Å². The Bertz CT molecular complexity index is 697. The number of fused-ring (bicyclic) bond motifs is 1. The van der Waals surface area contributed by atoms with Crippen LogP contribution >= 0.6 is 0 Å². The van der Waals surface area contributed by atoms with E-state index < -0.39 is 40.9 Å². The van der Waals surface area contributed by atoms with Crippen LogP contribution in [-0.2, 0) is 0 Å². The Labute approximate surface area is 132 Å². The number of allylic oxidation sites excluding steroid dienone is 1. The Morgan fingerprint density at radius 3 is 2.09 bits per heavy atom. The van der Waals surface area contributed by atoms with Gasteiger partial charge in [0.1, 0.15) is 11.5 Å². The van der Waals surface area contributed by atoms with E-state index in [1.54, 1.807) is 0 Å². The SMILES string of the molecule is CC(C)(O)C(O)CC(O)C1=CC(=O)c2c(O)ccc(O)c2C1=O. The summed E-state index contributed by atoms with van der Waals surface area (Å²) in [6, 6.07) is 2.16. The number of carbonyl (C=O) groups excluding carboxylic acids is 2. The molecule has 2 atom stereocenters. The van der Waals surface area contributed by atoms with Crippen molar-refractivity contribution >= 4 is 11.6 Å². The number of phenolic OH excluding ortho intramolecular Hbond substituents is 2. The molecule has 23 heavy (non-hydrogen) atoms. The second-order valence-corrected chi connectivity index (χ2v) is 6.07. The summed E-state index contributed by atoms with van der Waals surface area (Å²) in [4.78, 5) is 24.5. The Hall–Kier alpha value is -2.22. The number of aliphatic hydroxyl groups is 3. The molecule has 1 aromatic carbocycles. The summed E-state index contributed by atoms with van der Waals surface area (Å²) >= 11 is 0. The zero-order chi connectivity index (χ0) is 17.5. The second kappa shape index (κ2) is 5.77. The van der Waals surface area contributed by atoms with Crippen molar-refractivity contribution in [2.75, 3.05) is 0 Å². The van der Waals surface area contributed by atoms with Crippen molar-refractivity contribution in [2.45, 2.75) is 38.1 Å². The van der Waals surface area contributed by atoms with Crippen LogP contribution in [0.25, 0.3) is 0 Å². The maximum Gasteiger partial charge on any atom is 0.196 e. The summed E-state index contributed by atoms with van der Waals surface area (Å²) in [5, 5.41) is 49.1. The Kier molecular flexibility index (Phi) is 4.30. The van der Waals surface area contributed by atoms with Crippen molar-refractivity contribution in [1.82, 2.24) is 0 Å². The monoisotopic (exact) mass is 322 g/mol. The average molecular weight is 322 g/mol. The summed E-state index contributed by atoms with van der Waals surface area (Å²) in [6.45, 7) is 2.68. The van der Waals surface area contributed by atoms with E-state index in [9.17, 15) is 35.1 Å². The molecule has 0 saturated heterocycles. The Morgan fingerprint density at radius 2 is 1.57 bits per heavy atom. The van der Waals surface area contributed by atoms with Gasteiger partial charge < -0.3 is 25.5 Å². The van der Waals surface area contributed by atoms with Crippen molar-refractivity contribution in [3.8, 4) is 11.5 Å². The molecule has 0 heterocycles. The summed E-state index contributed by atoms with van der Waals surface area (Å²) in [6.07, 6.45) is -2.35. The predicted octanol–water partition coefficient (Wildman–Crippen LogP) is 0.286. The molecule has 2 unspecified atom stereocenters. The first kappa shape index (κ1) is 17.1. The number of hydrogen-bond acceptors (Lipinski definition) is 7. The third-order valence-electron chi connectivity index (χ3n) is 3.80. The number of carbonyl (C=O) groups is 2. The van der Waals surface area contributed by atoms with Gasteiger partial charge in [0.05, 0.1) is 28.9 Å². The van der Waals surface area contributed by atoms with Crippen molar-refractivity contribution < 1.29 is 35.1 Å². The van der Waals surface area contributed by atoms with Gasteiger partial charge in [-0.3, -0.25) is 9.59 Å². The lowest BCUT2D eigenvalue weighted by Crippen LogP contribution is -2.39. The van der Waals surface area contributed by atoms with Gasteiger partial charge in [-0.2, -0.15) is 0 Å². The maximum absolute atomic E-state index is 12.4. The van der Waals surface area contributed by atoms with E-state index in [0.717, 1.165) is 18.2 Å². The minimum Gasteiger partial charge on any atom is -0.507 e. The summed E-state index contributed by atoms with van der Waals surface area (Å²) in [7, 11) is 0. The van der Waals surface area contributed by atoms with Gasteiger partial charge in [0.2, 0.25) is 0 Å². The molecule has 124 valence electrons. The smallest absolute Gasteiger partial charge is 0.196 e. The van der Waals surface area contributed by atoms with Crippen LogP contribution in [0.15, 0.2) is 23.8 Å². The second-order valence-electron chi connectivity index (χ2n) is 6.07. The average Bonchev–Trinajstić information content (AvgIpc) is 2.44. The van der Waals surface area contributed by atoms with Crippen molar-refractivity contribution in [3.05, 3.63) is 34.9 Å². The highest BCUT2D eigenvalue weighted by Crippen LogP contribution is 2.36. The van der Waals surface area contributed by atoms with Crippen LogP contribution in [0.5, 0.6) is 11.5 Å². The lowest BCUT2D eigenvalue weighted by atomic mass is 9.83. The molecule has 5 N–H and O–H groups in total. The number of Topliss-reactive ketones (excluding diaryl/α,β-unsaturated/α-hetero) is 1. The predicted molar refractivity (Wildman–Crippen MR) is 79.4 cm³/mol. The van der Waals surface area contributed by atoms with E-state index in [0.29, 0.717) is 0 Å². The van der Waals surface area contributed by atoms with Crippen LogP contribution in [0.3, 0.4) is 0 Å². The van der Waals surface area contributed by atoms with E-state index >= 15 is 0 Å².